The highest BCUT2D eigenvalue weighted by Crippen LogP contribution is 2.30. The molecule has 2 N–H and O–H groups in total. The third kappa shape index (κ3) is 4.16. The summed E-state index contributed by atoms with van der Waals surface area (Å²) in [7, 11) is 0. The molecular weight excluding hydrogens is 449 g/mol. The van der Waals surface area contributed by atoms with Crippen molar-refractivity contribution in [1.29, 1.82) is 0 Å². The maximum absolute atomic E-state index is 13.7. The number of pyridine rings is 1. The van der Waals surface area contributed by atoms with E-state index in [9.17, 15) is 14.0 Å². The molecule has 178 valence electrons. The van der Waals surface area contributed by atoms with Crippen LogP contribution in [0.1, 0.15) is 18.9 Å². The number of aromatic nitrogens is 3. The van der Waals surface area contributed by atoms with Crippen LogP contribution in [0.25, 0.3) is 16.7 Å². The lowest BCUT2D eigenvalue weighted by Crippen LogP contribution is -2.43. The van der Waals surface area contributed by atoms with Gasteiger partial charge in [0.2, 0.25) is 0 Å². The fourth-order valence-corrected chi connectivity index (χ4v) is 4.59. The summed E-state index contributed by atoms with van der Waals surface area (Å²) in [4.78, 5) is 31.5. The number of anilines is 1. The van der Waals surface area contributed by atoms with Gasteiger partial charge in [-0.3, -0.25) is 13.9 Å². The highest BCUT2D eigenvalue weighted by Gasteiger charge is 2.30. The lowest BCUT2D eigenvalue weighted by atomic mass is 10.1. The SMILES string of the molecule is C=C(F)C(=O)N1CCCC(n2c(=O)n(-c3ccc(Oc4ccccc4)cc3)c3c(N)nccc32)C1. The first-order valence-corrected chi connectivity index (χ1v) is 11.3. The summed E-state index contributed by atoms with van der Waals surface area (Å²) in [6.45, 7) is 3.73. The Morgan fingerprint density at radius 1 is 1.09 bits per heavy atom. The lowest BCUT2D eigenvalue weighted by molar-refractivity contribution is -0.130. The predicted molar refractivity (Wildman–Crippen MR) is 131 cm³/mol. The number of amides is 1. The molecule has 2 aromatic carbocycles. The molecule has 0 aliphatic carbocycles. The number of hydrogen-bond donors (Lipinski definition) is 1. The number of nitrogen functional groups attached to an aromatic ring is 1. The van der Waals surface area contributed by atoms with Crippen LogP contribution in [0.3, 0.4) is 0 Å². The van der Waals surface area contributed by atoms with E-state index in [1.165, 1.54) is 9.47 Å². The maximum Gasteiger partial charge on any atom is 0.334 e. The van der Waals surface area contributed by atoms with E-state index in [1.54, 1.807) is 41.1 Å². The molecule has 1 saturated heterocycles. The highest BCUT2D eigenvalue weighted by molar-refractivity contribution is 5.91. The summed E-state index contributed by atoms with van der Waals surface area (Å²) in [5.41, 5.74) is 7.59. The number of ether oxygens (including phenoxy) is 1. The number of hydrogen-bond acceptors (Lipinski definition) is 5. The molecule has 1 aliphatic rings. The van der Waals surface area contributed by atoms with E-state index in [2.05, 4.69) is 11.6 Å². The molecule has 0 radical (unpaired) electrons. The van der Waals surface area contributed by atoms with E-state index >= 15 is 0 Å². The minimum Gasteiger partial charge on any atom is -0.457 e. The van der Waals surface area contributed by atoms with Crippen LogP contribution in [0, 0.1) is 0 Å². The zero-order chi connectivity index (χ0) is 24.5. The van der Waals surface area contributed by atoms with Crippen molar-refractivity contribution >= 4 is 22.8 Å². The number of imidazole rings is 1. The van der Waals surface area contributed by atoms with Crippen LogP contribution in [0.4, 0.5) is 10.2 Å². The summed E-state index contributed by atoms with van der Waals surface area (Å²) in [5, 5.41) is 0. The van der Waals surface area contributed by atoms with Gasteiger partial charge in [0, 0.05) is 19.3 Å². The molecule has 8 nitrogen and oxygen atoms in total. The van der Waals surface area contributed by atoms with Crippen LogP contribution in [-0.4, -0.2) is 38.0 Å². The predicted octanol–water partition coefficient (Wildman–Crippen LogP) is 4.21. The molecule has 0 bridgehead atoms. The molecule has 1 aliphatic heterocycles. The lowest BCUT2D eigenvalue weighted by Gasteiger charge is -2.32. The monoisotopic (exact) mass is 473 g/mol. The van der Waals surface area contributed by atoms with Crippen LogP contribution in [-0.2, 0) is 4.79 Å². The van der Waals surface area contributed by atoms with Crippen LogP contribution in [0.2, 0.25) is 0 Å². The summed E-state index contributed by atoms with van der Waals surface area (Å²) < 4.78 is 22.5. The third-order valence-corrected chi connectivity index (χ3v) is 6.17. The summed E-state index contributed by atoms with van der Waals surface area (Å²) in [5.74, 6) is -0.220. The second kappa shape index (κ2) is 9.09. The number of carbonyl (C=O) groups is 1. The quantitative estimate of drug-likeness (QED) is 0.438. The van der Waals surface area contributed by atoms with Gasteiger partial charge in [-0.25, -0.2) is 14.2 Å². The maximum atomic E-state index is 13.7. The van der Waals surface area contributed by atoms with E-state index in [0.29, 0.717) is 47.6 Å². The number of rotatable bonds is 5. The molecule has 35 heavy (non-hydrogen) atoms. The molecule has 0 spiro atoms. The Bertz CT molecular complexity index is 1460. The topological polar surface area (TPSA) is 95.4 Å². The van der Waals surface area contributed by atoms with Gasteiger partial charge in [0.25, 0.3) is 5.91 Å². The Labute approximate surface area is 200 Å². The van der Waals surface area contributed by atoms with Crippen LogP contribution in [0.5, 0.6) is 11.5 Å². The minimum atomic E-state index is -1.01. The van der Waals surface area contributed by atoms with Crippen molar-refractivity contribution in [3.63, 3.8) is 0 Å². The average Bonchev–Trinajstić information content (AvgIpc) is 3.17. The fourth-order valence-electron chi connectivity index (χ4n) is 4.59. The molecule has 5 rings (SSSR count). The molecule has 4 aromatic rings. The number of halogens is 1. The number of likely N-dealkylation sites (tertiary alicyclic amines) is 1. The van der Waals surface area contributed by atoms with Gasteiger partial charge >= 0.3 is 5.69 Å². The van der Waals surface area contributed by atoms with Crippen molar-refractivity contribution in [2.75, 3.05) is 18.8 Å². The Morgan fingerprint density at radius 3 is 2.51 bits per heavy atom. The van der Waals surface area contributed by atoms with Gasteiger partial charge in [-0.1, -0.05) is 24.8 Å². The highest BCUT2D eigenvalue weighted by atomic mass is 19.1. The van der Waals surface area contributed by atoms with Gasteiger partial charge < -0.3 is 15.4 Å². The van der Waals surface area contributed by atoms with Gasteiger partial charge in [-0.05, 0) is 55.3 Å². The number of benzene rings is 2. The Hall–Kier alpha value is -4.40. The number of fused-ring (bicyclic) bond motifs is 1. The second-order valence-electron chi connectivity index (χ2n) is 8.41. The standard InChI is InChI=1S/C26H24FN5O3/c1-17(27)25(33)30-15-5-6-19(16-30)31-22-13-14-29-24(28)23(22)32(26(31)34)18-9-11-21(12-10-18)35-20-7-3-2-4-8-20/h2-4,7-14,19H,1,5-6,15-16H2,(H2,28,29). The molecule has 1 amide bonds. The molecule has 3 heterocycles. The number of piperidine rings is 1. The summed E-state index contributed by atoms with van der Waals surface area (Å²) in [6, 6.07) is 17.9. The number of nitrogens with two attached hydrogens (primary N) is 1. The van der Waals surface area contributed by atoms with Gasteiger partial charge in [-0.2, -0.15) is 0 Å². The minimum absolute atomic E-state index is 0.201. The van der Waals surface area contributed by atoms with E-state index < -0.39 is 11.7 Å². The van der Waals surface area contributed by atoms with Crippen LogP contribution in [0.15, 0.2) is 84.1 Å². The van der Waals surface area contributed by atoms with Gasteiger partial charge in [0.1, 0.15) is 22.8 Å². The zero-order valence-electron chi connectivity index (χ0n) is 18.9. The van der Waals surface area contributed by atoms with Crippen molar-refractivity contribution in [1.82, 2.24) is 19.0 Å². The van der Waals surface area contributed by atoms with E-state index in [4.69, 9.17) is 10.5 Å². The second-order valence-corrected chi connectivity index (χ2v) is 8.41. The largest absolute Gasteiger partial charge is 0.457 e. The normalized spacial score (nSPS) is 15.8. The molecule has 1 fully saturated rings. The average molecular weight is 474 g/mol. The van der Waals surface area contributed by atoms with Crippen molar-refractivity contribution in [2.45, 2.75) is 18.9 Å². The first-order valence-electron chi connectivity index (χ1n) is 11.3. The van der Waals surface area contributed by atoms with E-state index in [0.717, 1.165) is 0 Å². The first kappa shape index (κ1) is 22.4. The number of nitrogens with zero attached hydrogens (tertiary/aromatic N) is 4. The van der Waals surface area contributed by atoms with E-state index in [1.807, 2.05) is 30.3 Å². The molecule has 1 atom stereocenters. The fraction of sp³-hybridized carbons (Fsp3) is 0.192. The van der Waals surface area contributed by atoms with Crippen molar-refractivity contribution in [3.8, 4) is 17.2 Å². The van der Waals surface area contributed by atoms with Gasteiger partial charge in [0.15, 0.2) is 5.83 Å². The molecule has 1 unspecified atom stereocenters. The van der Waals surface area contributed by atoms with E-state index in [-0.39, 0.29) is 24.1 Å². The van der Waals surface area contributed by atoms with Gasteiger partial charge in [0.05, 0.1) is 17.2 Å². The smallest absolute Gasteiger partial charge is 0.334 e. The summed E-state index contributed by atoms with van der Waals surface area (Å²) >= 11 is 0. The number of carbonyl (C=O) groups excluding carboxylic acids is 1. The first-order chi connectivity index (χ1) is 16.9. The Balaban J connectivity index is 1.55. The third-order valence-electron chi connectivity index (χ3n) is 6.17. The molecule has 9 heteroatoms. The Morgan fingerprint density at radius 2 is 1.80 bits per heavy atom. The van der Waals surface area contributed by atoms with Crippen LogP contribution >= 0.6 is 0 Å². The van der Waals surface area contributed by atoms with Crippen molar-refractivity contribution in [2.24, 2.45) is 0 Å². The number of para-hydroxylation sites is 1. The molecular formula is C26H24FN5O3. The van der Waals surface area contributed by atoms with Crippen LogP contribution < -0.4 is 16.2 Å². The molecule has 2 aromatic heterocycles. The summed E-state index contributed by atoms with van der Waals surface area (Å²) in [6.07, 6.45) is 2.84. The Kier molecular flexibility index (Phi) is 5.82. The van der Waals surface area contributed by atoms with Crippen molar-refractivity contribution < 1.29 is 13.9 Å². The zero-order valence-corrected chi connectivity index (χ0v) is 18.9. The molecule has 0 saturated carbocycles. The van der Waals surface area contributed by atoms with Gasteiger partial charge in [-0.15, -0.1) is 0 Å². The van der Waals surface area contributed by atoms with Crippen molar-refractivity contribution in [3.05, 3.63) is 89.8 Å².